The van der Waals surface area contributed by atoms with Crippen molar-refractivity contribution >= 4 is 0 Å². The highest BCUT2D eigenvalue weighted by Gasteiger charge is 2.17. The van der Waals surface area contributed by atoms with Crippen LogP contribution in [-0.4, -0.2) is 14.9 Å². The Morgan fingerprint density at radius 3 is 2.53 bits per heavy atom. The molecular formula is C12H12F2N2O. The van der Waals surface area contributed by atoms with Crippen molar-refractivity contribution in [2.24, 2.45) is 7.05 Å². The molecule has 1 atom stereocenters. The van der Waals surface area contributed by atoms with E-state index in [0.29, 0.717) is 11.1 Å². The van der Waals surface area contributed by atoms with Crippen LogP contribution in [0, 0.1) is 18.6 Å². The minimum Gasteiger partial charge on any atom is -0.384 e. The van der Waals surface area contributed by atoms with E-state index in [0.717, 1.165) is 17.8 Å². The van der Waals surface area contributed by atoms with Gasteiger partial charge in [0.2, 0.25) is 0 Å². The standard InChI is InChI=1S/C12H12F2N2O/c1-7-9(6-15-16(7)2)12(17)8-3-4-10(13)11(14)5-8/h3-6,12,17H,1-2H3. The first-order valence-electron chi connectivity index (χ1n) is 5.12. The maximum Gasteiger partial charge on any atom is 0.159 e. The molecule has 5 heteroatoms. The number of aliphatic hydroxyl groups is 1. The van der Waals surface area contributed by atoms with Crippen LogP contribution in [0.3, 0.4) is 0 Å². The summed E-state index contributed by atoms with van der Waals surface area (Å²) in [6.45, 7) is 1.80. The van der Waals surface area contributed by atoms with Gasteiger partial charge in [-0.05, 0) is 24.6 Å². The van der Waals surface area contributed by atoms with Crippen LogP contribution >= 0.6 is 0 Å². The molecule has 0 aliphatic rings. The number of aromatic nitrogens is 2. The number of hydrogen-bond donors (Lipinski definition) is 1. The van der Waals surface area contributed by atoms with Gasteiger partial charge < -0.3 is 5.11 Å². The smallest absolute Gasteiger partial charge is 0.159 e. The molecule has 1 aromatic heterocycles. The molecule has 3 nitrogen and oxygen atoms in total. The van der Waals surface area contributed by atoms with Crippen molar-refractivity contribution in [2.75, 3.05) is 0 Å². The fourth-order valence-electron chi connectivity index (χ4n) is 1.65. The van der Waals surface area contributed by atoms with E-state index in [1.165, 1.54) is 12.3 Å². The van der Waals surface area contributed by atoms with Crippen LogP contribution in [0.15, 0.2) is 24.4 Å². The molecule has 0 aliphatic heterocycles. The van der Waals surface area contributed by atoms with E-state index in [4.69, 9.17) is 0 Å². The van der Waals surface area contributed by atoms with E-state index in [1.54, 1.807) is 18.7 Å². The van der Waals surface area contributed by atoms with E-state index >= 15 is 0 Å². The molecule has 0 amide bonds. The lowest BCUT2D eigenvalue weighted by Gasteiger charge is -2.10. The SMILES string of the molecule is Cc1c(C(O)c2ccc(F)c(F)c2)cnn1C. The van der Waals surface area contributed by atoms with Crippen LogP contribution in [0.2, 0.25) is 0 Å². The Kier molecular flexibility index (Phi) is 2.93. The van der Waals surface area contributed by atoms with Gasteiger partial charge in [-0.3, -0.25) is 4.68 Å². The summed E-state index contributed by atoms with van der Waals surface area (Å²) in [6, 6.07) is 3.35. The van der Waals surface area contributed by atoms with Gasteiger partial charge in [0.1, 0.15) is 6.10 Å². The average molecular weight is 238 g/mol. The van der Waals surface area contributed by atoms with Crippen LogP contribution in [-0.2, 0) is 7.05 Å². The number of halogens is 2. The Morgan fingerprint density at radius 1 is 1.29 bits per heavy atom. The fourth-order valence-corrected chi connectivity index (χ4v) is 1.65. The summed E-state index contributed by atoms with van der Waals surface area (Å²) in [5, 5.41) is 14.1. The van der Waals surface area contributed by atoms with Crippen LogP contribution in [0.25, 0.3) is 0 Å². The zero-order chi connectivity index (χ0) is 12.6. The molecule has 1 aromatic carbocycles. The summed E-state index contributed by atoms with van der Waals surface area (Å²) in [5.74, 6) is -1.90. The molecule has 0 spiro atoms. The first kappa shape index (κ1) is 11.7. The fraction of sp³-hybridized carbons (Fsp3) is 0.250. The van der Waals surface area contributed by atoms with Gasteiger partial charge in [-0.25, -0.2) is 8.78 Å². The maximum absolute atomic E-state index is 13.1. The molecule has 0 fully saturated rings. The molecule has 17 heavy (non-hydrogen) atoms. The van der Waals surface area contributed by atoms with Crippen LogP contribution in [0.5, 0.6) is 0 Å². The van der Waals surface area contributed by atoms with Crippen molar-refractivity contribution in [3.63, 3.8) is 0 Å². The number of aryl methyl sites for hydroxylation is 1. The first-order chi connectivity index (χ1) is 8.00. The molecule has 2 aromatic rings. The predicted molar refractivity (Wildman–Crippen MR) is 58.4 cm³/mol. The molecule has 1 unspecified atom stereocenters. The van der Waals surface area contributed by atoms with Crippen molar-refractivity contribution in [1.82, 2.24) is 9.78 Å². The van der Waals surface area contributed by atoms with Crippen molar-refractivity contribution in [3.05, 3.63) is 52.9 Å². The zero-order valence-electron chi connectivity index (χ0n) is 9.48. The summed E-state index contributed by atoms with van der Waals surface area (Å²) in [4.78, 5) is 0. The molecule has 90 valence electrons. The summed E-state index contributed by atoms with van der Waals surface area (Å²) in [5.41, 5.74) is 1.67. The van der Waals surface area contributed by atoms with Gasteiger partial charge >= 0.3 is 0 Å². The number of hydrogen-bond acceptors (Lipinski definition) is 2. The number of rotatable bonds is 2. The molecule has 0 saturated carbocycles. The zero-order valence-corrected chi connectivity index (χ0v) is 9.48. The molecule has 1 N–H and O–H groups in total. The molecule has 0 bridgehead atoms. The highest BCUT2D eigenvalue weighted by atomic mass is 19.2. The van der Waals surface area contributed by atoms with Crippen LogP contribution in [0.4, 0.5) is 8.78 Å². The summed E-state index contributed by atoms with van der Waals surface area (Å²) >= 11 is 0. The van der Waals surface area contributed by atoms with Crippen molar-refractivity contribution in [1.29, 1.82) is 0 Å². The predicted octanol–water partition coefficient (Wildman–Crippen LogP) is 2.09. The van der Waals surface area contributed by atoms with Crippen molar-refractivity contribution in [2.45, 2.75) is 13.0 Å². The highest BCUT2D eigenvalue weighted by Crippen LogP contribution is 2.25. The topological polar surface area (TPSA) is 38.1 Å². The molecule has 0 saturated heterocycles. The molecule has 1 heterocycles. The second-order valence-corrected chi connectivity index (χ2v) is 3.89. The van der Waals surface area contributed by atoms with E-state index in [2.05, 4.69) is 5.10 Å². The van der Waals surface area contributed by atoms with E-state index in [1.807, 2.05) is 0 Å². The Hall–Kier alpha value is -1.75. The number of aliphatic hydroxyl groups excluding tert-OH is 1. The van der Waals surface area contributed by atoms with Gasteiger partial charge in [0, 0.05) is 18.3 Å². The quantitative estimate of drug-likeness (QED) is 0.870. The Balaban J connectivity index is 2.40. The van der Waals surface area contributed by atoms with Crippen LogP contribution in [0.1, 0.15) is 22.9 Å². The van der Waals surface area contributed by atoms with Gasteiger partial charge in [0.15, 0.2) is 11.6 Å². The Morgan fingerprint density at radius 2 is 2.00 bits per heavy atom. The van der Waals surface area contributed by atoms with Crippen molar-refractivity contribution in [3.8, 4) is 0 Å². The van der Waals surface area contributed by atoms with Gasteiger partial charge in [-0.2, -0.15) is 5.10 Å². The molecule has 0 radical (unpaired) electrons. The third-order valence-electron chi connectivity index (χ3n) is 2.83. The second-order valence-electron chi connectivity index (χ2n) is 3.89. The number of benzene rings is 1. The lowest BCUT2D eigenvalue weighted by atomic mass is 10.0. The van der Waals surface area contributed by atoms with E-state index in [-0.39, 0.29) is 0 Å². The summed E-state index contributed by atoms with van der Waals surface area (Å²) in [6.07, 6.45) is 0.514. The monoisotopic (exact) mass is 238 g/mol. The number of nitrogens with zero attached hydrogens (tertiary/aromatic N) is 2. The average Bonchev–Trinajstić information content (AvgIpc) is 2.63. The van der Waals surface area contributed by atoms with Gasteiger partial charge in [-0.15, -0.1) is 0 Å². The van der Waals surface area contributed by atoms with Crippen molar-refractivity contribution < 1.29 is 13.9 Å². The van der Waals surface area contributed by atoms with Crippen LogP contribution < -0.4 is 0 Å². The lowest BCUT2D eigenvalue weighted by molar-refractivity contribution is 0.218. The Bertz CT molecular complexity index is 551. The normalized spacial score (nSPS) is 12.8. The lowest BCUT2D eigenvalue weighted by Crippen LogP contribution is -2.03. The minimum atomic E-state index is -1.00. The Labute approximate surface area is 97.3 Å². The van der Waals surface area contributed by atoms with E-state index in [9.17, 15) is 13.9 Å². The van der Waals surface area contributed by atoms with Gasteiger partial charge in [-0.1, -0.05) is 6.07 Å². The first-order valence-corrected chi connectivity index (χ1v) is 5.12. The van der Waals surface area contributed by atoms with E-state index < -0.39 is 17.7 Å². The summed E-state index contributed by atoms with van der Waals surface area (Å²) in [7, 11) is 1.75. The molecule has 0 aliphatic carbocycles. The van der Waals surface area contributed by atoms with Gasteiger partial charge in [0.25, 0.3) is 0 Å². The second kappa shape index (κ2) is 4.25. The summed E-state index contributed by atoms with van der Waals surface area (Å²) < 4.78 is 27.4. The largest absolute Gasteiger partial charge is 0.384 e. The highest BCUT2D eigenvalue weighted by molar-refractivity contribution is 5.31. The van der Waals surface area contributed by atoms with Gasteiger partial charge in [0.05, 0.1) is 6.20 Å². The third kappa shape index (κ3) is 2.06. The maximum atomic E-state index is 13.1. The molecule has 2 rings (SSSR count). The third-order valence-corrected chi connectivity index (χ3v) is 2.83. The minimum absolute atomic E-state index is 0.306. The molecular weight excluding hydrogens is 226 g/mol.